The van der Waals surface area contributed by atoms with E-state index in [0.29, 0.717) is 4.60 Å². The van der Waals surface area contributed by atoms with Crippen LogP contribution < -0.4 is 4.90 Å². The minimum Gasteiger partial charge on any atom is -0.348 e. The molecule has 7 heteroatoms. The highest BCUT2D eigenvalue weighted by atomic mass is 79.9. The third-order valence-corrected chi connectivity index (χ3v) is 2.13. The third kappa shape index (κ3) is 4.03. The van der Waals surface area contributed by atoms with Crippen LogP contribution in [0.4, 0.5) is 19.0 Å². The van der Waals surface area contributed by atoms with Crippen LogP contribution in [0.25, 0.3) is 0 Å². The van der Waals surface area contributed by atoms with E-state index in [2.05, 4.69) is 25.9 Å². The third-order valence-electron chi connectivity index (χ3n) is 1.70. The molecular formula is C8H9BrF3N3. The van der Waals surface area contributed by atoms with E-state index in [1.54, 1.807) is 6.92 Å². The lowest BCUT2D eigenvalue weighted by atomic mass is 10.4. The quantitative estimate of drug-likeness (QED) is 0.799. The zero-order valence-electron chi connectivity index (χ0n) is 7.92. The summed E-state index contributed by atoms with van der Waals surface area (Å²) >= 11 is 3.08. The molecule has 0 N–H and O–H groups in total. The molecule has 0 atom stereocenters. The number of aromatic nitrogens is 2. The van der Waals surface area contributed by atoms with Crippen LogP contribution in [0.3, 0.4) is 0 Å². The van der Waals surface area contributed by atoms with Crippen molar-refractivity contribution in [1.29, 1.82) is 0 Å². The number of hydrogen-bond donors (Lipinski definition) is 0. The maximum absolute atomic E-state index is 12.2. The van der Waals surface area contributed by atoms with Crippen LogP contribution in [-0.2, 0) is 0 Å². The molecule has 1 rings (SSSR count). The Kier molecular flexibility index (Phi) is 3.90. The summed E-state index contributed by atoms with van der Waals surface area (Å²) in [6.07, 6.45) is -3.01. The van der Waals surface area contributed by atoms with Gasteiger partial charge in [-0.05, 0) is 22.9 Å². The Morgan fingerprint density at radius 1 is 1.40 bits per heavy atom. The van der Waals surface area contributed by atoms with Crippen LogP contribution in [0.1, 0.15) is 6.92 Å². The van der Waals surface area contributed by atoms with Crippen molar-refractivity contribution in [1.82, 2.24) is 9.97 Å². The molecule has 0 amide bonds. The van der Waals surface area contributed by atoms with E-state index >= 15 is 0 Å². The molecular weight excluding hydrogens is 275 g/mol. The second kappa shape index (κ2) is 4.78. The number of hydrogen-bond acceptors (Lipinski definition) is 3. The zero-order chi connectivity index (χ0) is 11.5. The Hall–Kier alpha value is -0.850. The van der Waals surface area contributed by atoms with Crippen molar-refractivity contribution >= 4 is 21.7 Å². The molecule has 1 aromatic heterocycles. The van der Waals surface area contributed by atoms with Crippen molar-refractivity contribution in [3.63, 3.8) is 0 Å². The fraction of sp³-hybridized carbons (Fsp3) is 0.500. The minimum atomic E-state index is -4.23. The predicted molar refractivity (Wildman–Crippen MR) is 53.7 cm³/mol. The largest absolute Gasteiger partial charge is 0.405 e. The summed E-state index contributed by atoms with van der Waals surface area (Å²) in [5.41, 5.74) is 0. The summed E-state index contributed by atoms with van der Waals surface area (Å²) < 4.78 is 37.0. The van der Waals surface area contributed by atoms with E-state index in [0.717, 1.165) is 4.90 Å². The maximum Gasteiger partial charge on any atom is 0.405 e. The predicted octanol–water partition coefficient (Wildman–Crippen LogP) is 2.63. The molecule has 0 aliphatic carbocycles. The van der Waals surface area contributed by atoms with Gasteiger partial charge >= 0.3 is 6.18 Å². The summed E-state index contributed by atoms with van der Waals surface area (Å²) in [7, 11) is 0. The number of anilines is 1. The van der Waals surface area contributed by atoms with Gasteiger partial charge in [0.25, 0.3) is 0 Å². The summed E-state index contributed by atoms with van der Waals surface area (Å²) in [6.45, 7) is 0.873. The minimum absolute atomic E-state index is 0.239. The monoisotopic (exact) mass is 283 g/mol. The van der Waals surface area contributed by atoms with E-state index in [4.69, 9.17) is 0 Å². The first-order valence-corrected chi connectivity index (χ1v) is 5.01. The second-order valence-electron chi connectivity index (χ2n) is 2.83. The van der Waals surface area contributed by atoms with E-state index in [1.165, 1.54) is 12.4 Å². The first-order chi connectivity index (χ1) is 6.92. The highest BCUT2D eigenvalue weighted by molar-refractivity contribution is 9.10. The molecule has 0 aromatic carbocycles. The van der Waals surface area contributed by atoms with Gasteiger partial charge in [0.05, 0.1) is 0 Å². The number of halogens is 4. The van der Waals surface area contributed by atoms with Gasteiger partial charge in [0.1, 0.15) is 23.3 Å². The summed E-state index contributed by atoms with van der Waals surface area (Å²) in [5, 5.41) is 0. The van der Waals surface area contributed by atoms with Gasteiger partial charge in [-0.25, -0.2) is 9.97 Å². The Balaban J connectivity index is 2.83. The van der Waals surface area contributed by atoms with Gasteiger partial charge in [-0.3, -0.25) is 0 Å². The van der Waals surface area contributed by atoms with Crippen LogP contribution in [0.2, 0.25) is 0 Å². The van der Waals surface area contributed by atoms with Crippen LogP contribution in [0, 0.1) is 0 Å². The average Bonchev–Trinajstić information content (AvgIpc) is 2.13. The molecule has 84 valence electrons. The fourth-order valence-electron chi connectivity index (χ4n) is 1.07. The SMILES string of the molecule is CCN(CC(F)(F)F)c1cc(Br)ncn1. The van der Waals surface area contributed by atoms with Crippen LogP contribution >= 0.6 is 15.9 Å². The van der Waals surface area contributed by atoms with Crippen LogP contribution in [-0.4, -0.2) is 29.2 Å². The highest BCUT2D eigenvalue weighted by Crippen LogP contribution is 2.21. The van der Waals surface area contributed by atoms with Gasteiger partial charge in [-0.1, -0.05) is 0 Å². The topological polar surface area (TPSA) is 29.0 Å². The van der Waals surface area contributed by atoms with Crippen LogP contribution in [0.5, 0.6) is 0 Å². The van der Waals surface area contributed by atoms with Crippen molar-refractivity contribution in [2.45, 2.75) is 13.1 Å². The molecule has 0 aliphatic rings. The van der Waals surface area contributed by atoms with Crippen molar-refractivity contribution in [3.8, 4) is 0 Å². The second-order valence-corrected chi connectivity index (χ2v) is 3.64. The molecule has 0 radical (unpaired) electrons. The van der Waals surface area contributed by atoms with E-state index < -0.39 is 12.7 Å². The van der Waals surface area contributed by atoms with E-state index in [-0.39, 0.29) is 12.4 Å². The molecule has 1 heterocycles. The maximum atomic E-state index is 12.2. The Labute approximate surface area is 93.5 Å². The molecule has 1 aromatic rings. The van der Waals surface area contributed by atoms with Crippen molar-refractivity contribution < 1.29 is 13.2 Å². The fourth-order valence-corrected chi connectivity index (χ4v) is 1.36. The lowest BCUT2D eigenvalue weighted by molar-refractivity contribution is -0.119. The lowest BCUT2D eigenvalue weighted by Gasteiger charge is -2.22. The standard InChI is InChI=1S/C8H9BrF3N3/c1-2-15(4-8(10,11)12)7-3-6(9)13-5-14-7/h3,5H,2,4H2,1H3. The summed E-state index contributed by atoms with van der Waals surface area (Å²) in [4.78, 5) is 8.66. The Morgan fingerprint density at radius 3 is 2.53 bits per heavy atom. The smallest absolute Gasteiger partial charge is 0.348 e. The molecule has 0 bridgehead atoms. The molecule has 0 aliphatic heterocycles. The molecule has 0 saturated carbocycles. The van der Waals surface area contributed by atoms with Crippen molar-refractivity contribution in [2.24, 2.45) is 0 Å². The molecule has 0 spiro atoms. The van der Waals surface area contributed by atoms with Gasteiger partial charge in [0.2, 0.25) is 0 Å². The van der Waals surface area contributed by atoms with Gasteiger partial charge in [-0.2, -0.15) is 13.2 Å². The zero-order valence-corrected chi connectivity index (χ0v) is 9.51. The van der Waals surface area contributed by atoms with Crippen LogP contribution in [0.15, 0.2) is 17.0 Å². The first kappa shape index (κ1) is 12.2. The number of alkyl halides is 3. The normalized spacial score (nSPS) is 11.5. The van der Waals surface area contributed by atoms with Gasteiger partial charge in [-0.15, -0.1) is 0 Å². The average molecular weight is 284 g/mol. The molecule has 0 saturated heterocycles. The number of rotatable bonds is 3. The van der Waals surface area contributed by atoms with E-state index in [1.807, 2.05) is 0 Å². The van der Waals surface area contributed by atoms with Gasteiger partial charge in [0.15, 0.2) is 0 Å². The molecule has 3 nitrogen and oxygen atoms in total. The molecule has 15 heavy (non-hydrogen) atoms. The molecule has 0 unspecified atom stereocenters. The van der Waals surface area contributed by atoms with E-state index in [9.17, 15) is 13.2 Å². The highest BCUT2D eigenvalue weighted by Gasteiger charge is 2.30. The first-order valence-electron chi connectivity index (χ1n) is 4.21. The Bertz CT molecular complexity index is 329. The summed E-state index contributed by atoms with van der Waals surface area (Å²) in [5.74, 6) is 0.261. The lowest BCUT2D eigenvalue weighted by Crippen LogP contribution is -2.34. The van der Waals surface area contributed by atoms with Crippen molar-refractivity contribution in [2.75, 3.05) is 18.0 Å². The Morgan fingerprint density at radius 2 is 2.07 bits per heavy atom. The summed E-state index contributed by atoms with van der Waals surface area (Å²) in [6, 6.07) is 1.45. The van der Waals surface area contributed by atoms with Crippen molar-refractivity contribution in [3.05, 3.63) is 17.0 Å². The number of nitrogens with zero attached hydrogens (tertiary/aromatic N) is 3. The van der Waals surface area contributed by atoms with Gasteiger partial charge in [0, 0.05) is 12.6 Å². The van der Waals surface area contributed by atoms with Gasteiger partial charge < -0.3 is 4.90 Å². The molecule has 0 fully saturated rings.